The van der Waals surface area contributed by atoms with E-state index >= 15 is 0 Å². The van der Waals surface area contributed by atoms with Crippen LogP contribution >= 0.6 is 11.6 Å². The molecule has 4 nitrogen and oxygen atoms in total. The number of amides is 1. The number of hydrogen-bond donors (Lipinski definition) is 1. The zero-order valence-corrected chi connectivity index (χ0v) is 11.0. The fourth-order valence-electron chi connectivity index (χ4n) is 2.35. The summed E-state index contributed by atoms with van der Waals surface area (Å²) in [6.45, 7) is 5.70. The first-order valence-corrected chi connectivity index (χ1v) is 6.51. The molecule has 1 fully saturated rings. The Balaban J connectivity index is 2.07. The van der Waals surface area contributed by atoms with Crippen molar-refractivity contribution in [2.75, 3.05) is 13.1 Å². The molecule has 0 unspecified atom stereocenters. The Bertz CT molecular complexity index is 388. The Morgan fingerprint density at radius 2 is 2.18 bits per heavy atom. The first-order valence-electron chi connectivity index (χ1n) is 6.13. The maximum absolute atomic E-state index is 12.3. The van der Waals surface area contributed by atoms with E-state index in [1.807, 2.05) is 11.8 Å². The van der Waals surface area contributed by atoms with E-state index in [4.69, 9.17) is 11.6 Å². The molecule has 0 aliphatic carbocycles. The van der Waals surface area contributed by atoms with Crippen LogP contribution in [0.5, 0.6) is 0 Å². The van der Waals surface area contributed by atoms with Gasteiger partial charge in [0.2, 0.25) is 0 Å². The minimum atomic E-state index is 0.0100. The molecule has 94 valence electrons. The summed E-state index contributed by atoms with van der Waals surface area (Å²) in [4.78, 5) is 14.2. The maximum Gasteiger partial charge on any atom is 0.258 e. The van der Waals surface area contributed by atoms with E-state index in [1.54, 1.807) is 0 Å². The zero-order valence-electron chi connectivity index (χ0n) is 10.3. The van der Waals surface area contributed by atoms with Gasteiger partial charge in [-0.1, -0.05) is 24.9 Å². The fourth-order valence-corrected chi connectivity index (χ4v) is 2.62. The van der Waals surface area contributed by atoms with Crippen molar-refractivity contribution in [2.45, 2.75) is 33.1 Å². The number of likely N-dealkylation sites (tertiary alicyclic amines) is 1. The summed E-state index contributed by atoms with van der Waals surface area (Å²) in [5.74, 6) is 0.774. The molecule has 17 heavy (non-hydrogen) atoms. The van der Waals surface area contributed by atoms with Crippen molar-refractivity contribution in [3.63, 3.8) is 0 Å². The number of H-pyrrole nitrogens is 1. The fraction of sp³-hybridized carbons (Fsp3) is 0.667. The minimum absolute atomic E-state index is 0.0100. The third-order valence-electron chi connectivity index (χ3n) is 3.60. The summed E-state index contributed by atoms with van der Waals surface area (Å²) in [5.41, 5.74) is 1.28. The lowest BCUT2D eigenvalue weighted by Crippen LogP contribution is -2.38. The first kappa shape index (κ1) is 12.4. The number of aromatic amines is 1. The zero-order chi connectivity index (χ0) is 12.4. The number of piperidine rings is 1. The number of hydrogen-bond acceptors (Lipinski definition) is 2. The lowest BCUT2D eigenvalue weighted by Gasteiger charge is -2.31. The second-order valence-electron chi connectivity index (χ2n) is 4.66. The van der Waals surface area contributed by atoms with E-state index in [0.717, 1.165) is 37.5 Å². The van der Waals surface area contributed by atoms with Crippen molar-refractivity contribution < 1.29 is 4.79 Å². The highest BCUT2D eigenvalue weighted by molar-refractivity contribution is 6.32. The topological polar surface area (TPSA) is 49.0 Å². The molecule has 1 aromatic heterocycles. The highest BCUT2D eigenvalue weighted by Gasteiger charge is 2.26. The average molecular weight is 256 g/mol. The number of aromatic nitrogens is 2. The molecule has 0 radical (unpaired) electrons. The van der Waals surface area contributed by atoms with E-state index in [0.29, 0.717) is 5.56 Å². The Morgan fingerprint density at radius 3 is 2.65 bits per heavy atom. The molecule has 1 aliphatic heterocycles. The molecule has 2 rings (SSSR count). The van der Waals surface area contributed by atoms with Crippen LogP contribution in [0.4, 0.5) is 0 Å². The minimum Gasteiger partial charge on any atom is -0.338 e. The van der Waals surface area contributed by atoms with E-state index in [-0.39, 0.29) is 11.1 Å². The Morgan fingerprint density at radius 1 is 1.53 bits per heavy atom. The van der Waals surface area contributed by atoms with E-state index in [2.05, 4.69) is 17.1 Å². The Labute approximate surface area is 106 Å². The number of rotatable bonds is 2. The Kier molecular flexibility index (Phi) is 3.72. The molecule has 0 aromatic carbocycles. The number of carbonyl (C=O) groups excluding carboxylic acids is 1. The van der Waals surface area contributed by atoms with E-state index in [1.165, 1.54) is 6.42 Å². The molecule has 1 aromatic rings. The van der Waals surface area contributed by atoms with Gasteiger partial charge in [-0.25, -0.2) is 0 Å². The van der Waals surface area contributed by atoms with Crippen molar-refractivity contribution in [3.05, 3.63) is 16.4 Å². The molecular formula is C12H18ClN3O. The summed E-state index contributed by atoms with van der Waals surface area (Å²) in [6, 6.07) is 0. The summed E-state index contributed by atoms with van der Waals surface area (Å²) in [5, 5.41) is 6.89. The summed E-state index contributed by atoms with van der Waals surface area (Å²) in [6.07, 6.45) is 3.39. The molecule has 1 saturated heterocycles. The molecule has 5 heteroatoms. The number of aryl methyl sites for hydroxylation is 1. The van der Waals surface area contributed by atoms with Crippen molar-refractivity contribution in [1.29, 1.82) is 0 Å². The van der Waals surface area contributed by atoms with Crippen LogP contribution in [0.3, 0.4) is 0 Å². The van der Waals surface area contributed by atoms with Crippen molar-refractivity contribution in [2.24, 2.45) is 5.92 Å². The number of nitrogens with one attached hydrogen (secondary N) is 1. The largest absolute Gasteiger partial charge is 0.338 e. The van der Waals surface area contributed by atoms with Gasteiger partial charge in [-0.3, -0.25) is 9.89 Å². The second-order valence-corrected chi connectivity index (χ2v) is 5.02. The van der Waals surface area contributed by atoms with Gasteiger partial charge in [0.05, 0.1) is 5.56 Å². The monoisotopic (exact) mass is 255 g/mol. The predicted octanol–water partition coefficient (Wildman–Crippen LogP) is 2.63. The average Bonchev–Trinajstić information content (AvgIpc) is 2.68. The van der Waals surface area contributed by atoms with Crippen molar-refractivity contribution in [1.82, 2.24) is 15.1 Å². The normalized spacial score (nSPS) is 17.5. The second kappa shape index (κ2) is 5.08. The Hall–Kier alpha value is -1.03. The molecule has 2 heterocycles. The molecular weight excluding hydrogens is 238 g/mol. The van der Waals surface area contributed by atoms with Crippen LogP contribution in [-0.4, -0.2) is 34.1 Å². The van der Waals surface area contributed by atoms with Crippen molar-refractivity contribution >= 4 is 17.5 Å². The molecule has 0 atom stereocenters. The summed E-state index contributed by atoms with van der Waals surface area (Å²) >= 11 is 5.93. The van der Waals surface area contributed by atoms with Crippen molar-refractivity contribution in [3.8, 4) is 0 Å². The smallest absolute Gasteiger partial charge is 0.258 e. The van der Waals surface area contributed by atoms with Gasteiger partial charge in [-0.15, -0.1) is 0 Å². The van der Waals surface area contributed by atoms with Gasteiger partial charge in [0.15, 0.2) is 5.15 Å². The number of nitrogens with zero attached hydrogens (tertiary/aromatic N) is 2. The lowest BCUT2D eigenvalue weighted by atomic mass is 9.94. The van der Waals surface area contributed by atoms with Gasteiger partial charge in [0.1, 0.15) is 0 Å². The summed E-state index contributed by atoms with van der Waals surface area (Å²) < 4.78 is 0. The van der Waals surface area contributed by atoms with Gasteiger partial charge in [-0.05, 0) is 25.7 Å². The molecule has 0 spiro atoms. The standard InChI is InChI=1S/C12H18ClN3O/c1-3-9-4-6-16(7-5-9)12(17)10-8(2)14-15-11(10)13/h9H,3-7H2,1-2H3,(H,14,15). The van der Waals surface area contributed by atoms with Crippen LogP contribution in [0.2, 0.25) is 5.15 Å². The predicted molar refractivity (Wildman–Crippen MR) is 67.3 cm³/mol. The molecule has 1 N–H and O–H groups in total. The van der Waals surface area contributed by atoms with Crippen LogP contribution in [0, 0.1) is 12.8 Å². The van der Waals surface area contributed by atoms with Gasteiger partial charge >= 0.3 is 0 Å². The lowest BCUT2D eigenvalue weighted by molar-refractivity contribution is 0.0688. The van der Waals surface area contributed by atoms with E-state index in [9.17, 15) is 4.79 Å². The molecule has 0 bridgehead atoms. The third-order valence-corrected chi connectivity index (χ3v) is 3.87. The van der Waals surface area contributed by atoms with Gasteiger partial charge in [0, 0.05) is 18.8 Å². The maximum atomic E-state index is 12.3. The highest BCUT2D eigenvalue weighted by atomic mass is 35.5. The molecule has 1 amide bonds. The molecule has 1 aliphatic rings. The van der Waals surface area contributed by atoms with Gasteiger partial charge in [0.25, 0.3) is 5.91 Å². The number of carbonyl (C=O) groups is 1. The van der Waals surface area contributed by atoms with Crippen LogP contribution in [0.25, 0.3) is 0 Å². The van der Waals surface area contributed by atoms with E-state index < -0.39 is 0 Å². The molecule has 0 saturated carbocycles. The van der Waals surface area contributed by atoms with Crippen LogP contribution < -0.4 is 0 Å². The van der Waals surface area contributed by atoms with Crippen LogP contribution in [0.1, 0.15) is 42.2 Å². The van der Waals surface area contributed by atoms with Crippen LogP contribution in [0.15, 0.2) is 0 Å². The quantitative estimate of drug-likeness (QED) is 0.883. The first-order chi connectivity index (χ1) is 8.13. The van der Waals surface area contributed by atoms with Crippen LogP contribution in [-0.2, 0) is 0 Å². The SMILES string of the molecule is CCC1CCN(C(=O)c2c(Cl)n[nH]c2C)CC1. The highest BCUT2D eigenvalue weighted by Crippen LogP contribution is 2.24. The summed E-state index contributed by atoms with van der Waals surface area (Å²) in [7, 11) is 0. The number of halogens is 1. The van der Waals surface area contributed by atoms with Gasteiger partial charge in [-0.2, -0.15) is 5.10 Å². The van der Waals surface area contributed by atoms with Gasteiger partial charge < -0.3 is 4.90 Å². The third kappa shape index (κ3) is 2.46.